The first-order valence-corrected chi connectivity index (χ1v) is 6.54. The van der Waals surface area contributed by atoms with Gasteiger partial charge in [0.1, 0.15) is 5.82 Å². The van der Waals surface area contributed by atoms with Crippen LogP contribution in [0.15, 0.2) is 24.3 Å². The minimum atomic E-state index is -0.101. The highest BCUT2D eigenvalue weighted by Gasteiger charge is 2.26. The van der Waals surface area contributed by atoms with Gasteiger partial charge < -0.3 is 5.32 Å². The fourth-order valence-corrected chi connectivity index (χ4v) is 2.50. The molecule has 0 atom stereocenters. The van der Waals surface area contributed by atoms with Crippen LogP contribution in [0.2, 0.25) is 0 Å². The number of benzene rings is 1. The fraction of sp³-hybridized carbons (Fsp3) is 0.600. The Hall–Kier alpha value is -0.890. The highest BCUT2D eigenvalue weighted by atomic mass is 19.1. The highest BCUT2D eigenvalue weighted by Crippen LogP contribution is 2.35. The summed E-state index contributed by atoms with van der Waals surface area (Å²) in [6, 6.07) is 7.57. The summed E-state index contributed by atoms with van der Waals surface area (Å²) in [5.41, 5.74) is 1.27. The molecule has 1 aromatic rings. The van der Waals surface area contributed by atoms with E-state index in [1.807, 2.05) is 12.1 Å². The Balaban J connectivity index is 1.82. The summed E-state index contributed by atoms with van der Waals surface area (Å²) in [5, 5.41) is 3.48. The van der Waals surface area contributed by atoms with Gasteiger partial charge in [0.15, 0.2) is 0 Å². The zero-order chi connectivity index (χ0) is 12.3. The first-order valence-electron chi connectivity index (χ1n) is 6.54. The van der Waals surface area contributed by atoms with Gasteiger partial charge in [-0.15, -0.1) is 0 Å². The second-order valence-corrected chi connectivity index (χ2v) is 5.91. The van der Waals surface area contributed by atoms with Crippen LogP contribution in [-0.4, -0.2) is 6.04 Å². The number of hydrogen-bond donors (Lipinski definition) is 1. The van der Waals surface area contributed by atoms with Crippen LogP contribution in [0.3, 0.4) is 0 Å². The summed E-state index contributed by atoms with van der Waals surface area (Å²) in [6.45, 7) is 5.32. The molecule has 1 aliphatic rings. The first kappa shape index (κ1) is 12.6. The lowest BCUT2D eigenvalue weighted by Crippen LogP contribution is -2.35. The predicted molar refractivity (Wildman–Crippen MR) is 69.3 cm³/mol. The third-order valence-corrected chi connectivity index (χ3v) is 3.88. The van der Waals surface area contributed by atoms with Crippen molar-refractivity contribution in [2.45, 2.75) is 52.1 Å². The quantitative estimate of drug-likeness (QED) is 0.838. The Morgan fingerprint density at radius 3 is 2.53 bits per heavy atom. The molecule has 2 heteroatoms. The van der Waals surface area contributed by atoms with Crippen molar-refractivity contribution in [3.8, 4) is 0 Å². The van der Waals surface area contributed by atoms with Crippen LogP contribution < -0.4 is 5.32 Å². The molecular weight excluding hydrogens is 213 g/mol. The largest absolute Gasteiger partial charge is 0.310 e. The van der Waals surface area contributed by atoms with Crippen molar-refractivity contribution in [2.75, 3.05) is 0 Å². The van der Waals surface area contributed by atoms with Crippen LogP contribution in [0.25, 0.3) is 0 Å². The summed E-state index contributed by atoms with van der Waals surface area (Å²) < 4.78 is 13.4. The molecule has 0 saturated heterocycles. The zero-order valence-electron chi connectivity index (χ0n) is 10.8. The molecule has 0 aromatic heterocycles. The Labute approximate surface area is 103 Å². The van der Waals surface area contributed by atoms with E-state index in [4.69, 9.17) is 0 Å². The van der Waals surface area contributed by atoms with Crippen molar-refractivity contribution in [3.63, 3.8) is 0 Å². The normalized spacial score (nSPS) is 20.4. The van der Waals surface area contributed by atoms with Crippen molar-refractivity contribution in [3.05, 3.63) is 35.6 Å². The maximum Gasteiger partial charge on any atom is 0.127 e. The maximum absolute atomic E-state index is 13.4. The van der Waals surface area contributed by atoms with Crippen molar-refractivity contribution >= 4 is 0 Å². The lowest BCUT2D eigenvalue weighted by Gasteiger charge is -2.34. The molecule has 0 bridgehead atoms. The van der Waals surface area contributed by atoms with Crippen molar-refractivity contribution in [1.29, 1.82) is 0 Å². The molecule has 1 aromatic carbocycles. The van der Waals surface area contributed by atoms with Gasteiger partial charge in [0.2, 0.25) is 0 Å². The molecule has 0 spiro atoms. The lowest BCUT2D eigenvalue weighted by molar-refractivity contribution is 0.205. The van der Waals surface area contributed by atoms with Crippen molar-refractivity contribution in [1.82, 2.24) is 5.32 Å². The van der Waals surface area contributed by atoms with Gasteiger partial charge in [0, 0.05) is 18.2 Å². The third kappa shape index (κ3) is 3.53. The summed E-state index contributed by atoms with van der Waals surface area (Å²) in [5.74, 6) is -0.101. The van der Waals surface area contributed by atoms with E-state index in [2.05, 4.69) is 19.2 Å². The zero-order valence-corrected chi connectivity index (χ0v) is 10.8. The molecule has 1 fully saturated rings. The Bertz CT molecular complexity index is 363. The molecule has 1 aliphatic carbocycles. The molecule has 0 unspecified atom stereocenters. The Morgan fingerprint density at radius 2 is 1.88 bits per heavy atom. The summed E-state index contributed by atoms with van der Waals surface area (Å²) in [4.78, 5) is 0. The summed E-state index contributed by atoms with van der Waals surface area (Å²) >= 11 is 0. The second-order valence-electron chi connectivity index (χ2n) is 5.91. The number of rotatable bonds is 3. The number of hydrogen-bond acceptors (Lipinski definition) is 1. The van der Waals surface area contributed by atoms with E-state index < -0.39 is 0 Å². The van der Waals surface area contributed by atoms with Gasteiger partial charge >= 0.3 is 0 Å². The topological polar surface area (TPSA) is 12.0 Å². The standard InChI is InChI=1S/C15H22FN/c1-15(2)9-7-13(8-10-15)17-11-12-5-3-4-6-14(12)16/h3-6,13,17H,7-11H2,1-2H3. The molecule has 0 heterocycles. The van der Waals surface area contributed by atoms with Crippen LogP contribution in [-0.2, 0) is 6.54 Å². The molecule has 1 N–H and O–H groups in total. The Morgan fingerprint density at radius 1 is 1.24 bits per heavy atom. The molecule has 1 saturated carbocycles. The van der Waals surface area contributed by atoms with Gasteiger partial charge in [-0.2, -0.15) is 0 Å². The Kier molecular flexibility index (Phi) is 3.82. The number of halogens is 1. The SMILES string of the molecule is CC1(C)CCC(NCc2ccccc2F)CC1. The smallest absolute Gasteiger partial charge is 0.127 e. The van der Waals surface area contributed by atoms with E-state index in [0.717, 1.165) is 5.56 Å². The molecule has 94 valence electrons. The molecule has 17 heavy (non-hydrogen) atoms. The van der Waals surface area contributed by atoms with Gasteiger partial charge in [-0.1, -0.05) is 32.0 Å². The monoisotopic (exact) mass is 235 g/mol. The van der Waals surface area contributed by atoms with Crippen LogP contribution in [0.1, 0.15) is 45.1 Å². The second kappa shape index (κ2) is 5.18. The van der Waals surface area contributed by atoms with Crippen molar-refractivity contribution in [2.24, 2.45) is 5.41 Å². The average Bonchev–Trinajstić information content (AvgIpc) is 2.30. The number of nitrogens with one attached hydrogen (secondary N) is 1. The predicted octanol–water partition coefficient (Wildman–Crippen LogP) is 3.88. The molecule has 1 nitrogen and oxygen atoms in total. The molecule has 0 aliphatic heterocycles. The fourth-order valence-electron chi connectivity index (χ4n) is 2.50. The minimum Gasteiger partial charge on any atom is -0.310 e. The van der Waals surface area contributed by atoms with E-state index in [-0.39, 0.29) is 5.82 Å². The minimum absolute atomic E-state index is 0.101. The van der Waals surface area contributed by atoms with Crippen LogP contribution in [0.4, 0.5) is 4.39 Å². The average molecular weight is 235 g/mol. The molecule has 0 radical (unpaired) electrons. The summed E-state index contributed by atoms with van der Waals surface area (Å²) in [6.07, 6.45) is 4.95. The van der Waals surface area contributed by atoms with E-state index >= 15 is 0 Å². The van der Waals surface area contributed by atoms with Gasteiger partial charge in [-0.05, 0) is 37.2 Å². The van der Waals surface area contributed by atoms with Gasteiger partial charge in [-0.3, -0.25) is 0 Å². The van der Waals surface area contributed by atoms with Crippen LogP contribution in [0.5, 0.6) is 0 Å². The van der Waals surface area contributed by atoms with Crippen LogP contribution >= 0.6 is 0 Å². The van der Waals surface area contributed by atoms with Gasteiger partial charge in [0.05, 0.1) is 0 Å². The maximum atomic E-state index is 13.4. The van der Waals surface area contributed by atoms with Gasteiger partial charge in [-0.25, -0.2) is 4.39 Å². The van der Waals surface area contributed by atoms with E-state index in [0.29, 0.717) is 18.0 Å². The van der Waals surface area contributed by atoms with E-state index in [9.17, 15) is 4.39 Å². The van der Waals surface area contributed by atoms with Crippen LogP contribution in [0, 0.1) is 11.2 Å². The van der Waals surface area contributed by atoms with Gasteiger partial charge in [0.25, 0.3) is 0 Å². The lowest BCUT2D eigenvalue weighted by atomic mass is 9.75. The van der Waals surface area contributed by atoms with Crippen molar-refractivity contribution < 1.29 is 4.39 Å². The molecule has 2 rings (SSSR count). The summed E-state index contributed by atoms with van der Waals surface area (Å²) in [7, 11) is 0. The molecule has 0 amide bonds. The van der Waals surface area contributed by atoms with E-state index in [1.54, 1.807) is 6.07 Å². The highest BCUT2D eigenvalue weighted by molar-refractivity contribution is 5.17. The van der Waals surface area contributed by atoms with E-state index in [1.165, 1.54) is 31.7 Å². The third-order valence-electron chi connectivity index (χ3n) is 3.88. The first-order chi connectivity index (χ1) is 8.07. The molecular formula is C15H22FN.